The van der Waals surface area contributed by atoms with Crippen molar-refractivity contribution in [2.45, 2.75) is 6.17 Å². The Bertz CT molecular complexity index is 1600. The fourth-order valence-corrected chi connectivity index (χ4v) is 5.03. The molecule has 0 saturated heterocycles. The number of aromatic nitrogens is 3. The molecule has 0 spiro atoms. The second-order valence-electron chi connectivity index (χ2n) is 8.02. The van der Waals surface area contributed by atoms with E-state index in [1.807, 2.05) is 6.07 Å². The fourth-order valence-electron chi connectivity index (χ4n) is 4.67. The summed E-state index contributed by atoms with van der Waals surface area (Å²) in [6.07, 6.45) is -0.715. The van der Waals surface area contributed by atoms with E-state index in [1.54, 1.807) is 33.8 Å². The molecule has 0 bridgehead atoms. The van der Waals surface area contributed by atoms with E-state index in [1.165, 1.54) is 38.5 Å². The van der Waals surface area contributed by atoms with Gasteiger partial charge in [0, 0.05) is 21.2 Å². The number of amides is 1. The third-order valence-corrected chi connectivity index (χ3v) is 6.67. The van der Waals surface area contributed by atoms with E-state index in [9.17, 15) is 14.0 Å². The number of rotatable bonds is 3. The number of fused-ring (bicyclic) bond motifs is 8. The van der Waals surface area contributed by atoms with Gasteiger partial charge in [-0.3, -0.25) is 14.5 Å². The van der Waals surface area contributed by atoms with Crippen molar-refractivity contribution < 1.29 is 18.7 Å². The van der Waals surface area contributed by atoms with Crippen LogP contribution in [0.4, 0.5) is 10.1 Å². The van der Waals surface area contributed by atoms with E-state index in [0.717, 1.165) is 4.47 Å². The van der Waals surface area contributed by atoms with Gasteiger partial charge in [-0.05, 0) is 48.5 Å². The number of hydrogen-bond donors (Lipinski definition) is 0. The van der Waals surface area contributed by atoms with Gasteiger partial charge in [-0.1, -0.05) is 22.0 Å². The first-order chi connectivity index (χ1) is 16.9. The Morgan fingerprint density at radius 2 is 1.77 bits per heavy atom. The lowest BCUT2D eigenvalue weighted by atomic mass is 10.0. The molecule has 1 atom stereocenters. The van der Waals surface area contributed by atoms with Gasteiger partial charge in [0.2, 0.25) is 0 Å². The monoisotopic (exact) mass is 534 g/mol. The topological polar surface area (TPSA) is 86.6 Å². The molecule has 3 heterocycles. The van der Waals surface area contributed by atoms with E-state index in [0.29, 0.717) is 45.3 Å². The number of carbonyl (C=O) groups is 1. The van der Waals surface area contributed by atoms with Crippen molar-refractivity contribution in [3.63, 3.8) is 0 Å². The van der Waals surface area contributed by atoms with Crippen LogP contribution >= 0.6 is 15.9 Å². The van der Waals surface area contributed by atoms with Crippen LogP contribution in [0.15, 0.2) is 63.9 Å². The molecule has 4 aromatic rings. The summed E-state index contributed by atoms with van der Waals surface area (Å²) in [5, 5.41) is 4.65. The Morgan fingerprint density at radius 3 is 2.49 bits per heavy atom. The first-order valence-corrected chi connectivity index (χ1v) is 11.4. The van der Waals surface area contributed by atoms with E-state index in [4.69, 9.17) is 9.47 Å². The molecule has 0 N–H and O–H groups in total. The third kappa shape index (κ3) is 3.02. The second-order valence-corrected chi connectivity index (χ2v) is 8.93. The van der Waals surface area contributed by atoms with Crippen LogP contribution in [-0.2, 0) is 0 Å². The van der Waals surface area contributed by atoms with Crippen LogP contribution in [0.1, 0.15) is 22.1 Å². The highest BCUT2D eigenvalue weighted by molar-refractivity contribution is 9.10. The zero-order valence-corrected chi connectivity index (χ0v) is 20.0. The van der Waals surface area contributed by atoms with Gasteiger partial charge in [0.15, 0.2) is 29.2 Å². The molecule has 35 heavy (non-hydrogen) atoms. The first-order valence-electron chi connectivity index (χ1n) is 10.6. The molecule has 1 amide bonds. The summed E-state index contributed by atoms with van der Waals surface area (Å²) >= 11 is 3.47. The molecule has 0 aliphatic carbocycles. The Kier molecular flexibility index (Phi) is 4.75. The Morgan fingerprint density at radius 1 is 1.00 bits per heavy atom. The lowest BCUT2D eigenvalue weighted by Gasteiger charge is -2.34. The number of halogens is 2. The van der Waals surface area contributed by atoms with E-state index in [2.05, 4.69) is 26.0 Å². The van der Waals surface area contributed by atoms with Gasteiger partial charge in [0.1, 0.15) is 5.82 Å². The van der Waals surface area contributed by atoms with Crippen molar-refractivity contribution in [2.24, 2.45) is 0 Å². The molecule has 174 valence electrons. The third-order valence-electron chi connectivity index (χ3n) is 6.18. The van der Waals surface area contributed by atoms with Crippen molar-refractivity contribution >= 4 is 27.5 Å². The zero-order chi connectivity index (χ0) is 24.4. The van der Waals surface area contributed by atoms with Crippen molar-refractivity contribution in [1.29, 1.82) is 0 Å². The van der Waals surface area contributed by atoms with Crippen LogP contribution in [0.25, 0.3) is 22.6 Å². The van der Waals surface area contributed by atoms with Crippen molar-refractivity contribution in [1.82, 2.24) is 14.8 Å². The molecule has 6 rings (SSSR count). The highest BCUT2D eigenvalue weighted by atomic mass is 79.9. The molecular formula is C25H16BrFN4O4. The molecule has 0 fully saturated rings. The predicted molar refractivity (Wildman–Crippen MR) is 129 cm³/mol. The van der Waals surface area contributed by atoms with Gasteiger partial charge < -0.3 is 9.47 Å². The minimum atomic E-state index is -0.715. The predicted octanol–water partition coefficient (Wildman–Crippen LogP) is 4.41. The first kappa shape index (κ1) is 21.5. The smallest absolute Gasteiger partial charge is 0.300 e. The number of nitrogens with zero attached hydrogens (tertiary/aromatic N) is 4. The number of ether oxygens (including phenoxy) is 2. The summed E-state index contributed by atoms with van der Waals surface area (Å²) in [4.78, 5) is 32.8. The summed E-state index contributed by atoms with van der Waals surface area (Å²) in [7, 11) is 2.98. The lowest BCUT2D eigenvalue weighted by molar-refractivity contribution is 0.0983. The number of anilines is 1. The number of benzene rings is 3. The van der Waals surface area contributed by atoms with Crippen LogP contribution in [0.5, 0.6) is 11.5 Å². The average Bonchev–Trinajstić information content (AvgIpc) is 3.16. The van der Waals surface area contributed by atoms with Gasteiger partial charge >= 0.3 is 0 Å². The molecule has 0 radical (unpaired) electrons. The highest BCUT2D eigenvalue weighted by Gasteiger charge is 2.47. The van der Waals surface area contributed by atoms with Crippen LogP contribution in [0.3, 0.4) is 0 Å². The molecule has 2 aliphatic heterocycles. The zero-order valence-electron chi connectivity index (χ0n) is 18.5. The van der Waals surface area contributed by atoms with Gasteiger partial charge in [-0.2, -0.15) is 10.1 Å². The van der Waals surface area contributed by atoms with Crippen molar-refractivity contribution in [3.8, 4) is 34.1 Å². The largest absolute Gasteiger partial charge is 0.493 e. The van der Waals surface area contributed by atoms with Gasteiger partial charge in [0.05, 0.1) is 25.5 Å². The lowest BCUT2D eigenvalue weighted by Crippen LogP contribution is -2.39. The average molecular weight is 535 g/mol. The SMILES string of the molecule is COc1ccc2c(c1OC)C(=O)N1c3ccc(Br)cc3-c3nc(=O)c(-c4ccc(F)cc4)nn3C21. The molecule has 3 aromatic carbocycles. The van der Waals surface area contributed by atoms with Crippen LogP contribution in [0.2, 0.25) is 0 Å². The quantitative estimate of drug-likeness (QED) is 0.387. The van der Waals surface area contributed by atoms with Gasteiger partial charge in [-0.15, -0.1) is 0 Å². The van der Waals surface area contributed by atoms with Gasteiger partial charge in [-0.25, -0.2) is 9.07 Å². The maximum absolute atomic E-state index is 13.8. The second kappa shape index (κ2) is 7.74. The van der Waals surface area contributed by atoms with Crippen LogP contribution < -0.4 is 19.9 Å². The van der Waals surface area contributed by atoms with E-state index < -0.39 is 17.5 Å². The molecule has 2 aliphatic rings. The van der Waals surface area contributed by atoms with Gasteiger partial charge in [0.25, 0.3) is 11.5 Å². The number of hydrogen-bond acceptors (Lipinski definition) is 6. The van der Waals surface area contributed by atoms with Crippen molar-refractivity contribution in [2.75, 3.05) is 19.1 Å². The van der Waals surface area contributed by atoms with Crippen LogP contribution in [0, 0.1) is 5.82 Å². The molecule has 8 nitrogen and oxygen atoms in total. The Hall–Kier alpha value is -4.05. The Balaban J connectivity index is 1.68. The number of methoxy groups -OCH3 is 2. The maximum atomic E-state index is 13.8. The minimum absolute atomic E-state index is 0.0496. The summed E-state index contributed by atoms with van der Waals surface area (Å²) in [6.45, 7) is 0. The summed E-state index contributed by atoms with van der Waals surface area (Å²) in [5.41, 5.74) is 2.05. The Labute approximate surface area is 206 Å². The van der Waals surface area contributed by atoms with E-state index >= 15 is 0 Å². The minimum Gasteiger partial charge on any atom is -0.493 e. The normalized spacial score (nSPS) is 15.3. The highest BCUT2D eigenvalue weighted by Crippen LogP contribution is 2.50. The standard InChI is InChI=1S/C25H16BrFN4O4/c1-34-18-10-8-15-19(21(18)35-2)25(33)30-17-9-5-13(26)11-16(17)22-28-23(32)20(29-31(22)24(15)30)12-3-6-14(27)7-4-12/h3-11,24H,1-2H3. The molecule has 0 saturated carbocycles. The van der Waals surface area contributed by atoms with E-state index in [-0.39, 0.29) is 11.6 Å². The fraction of sp³-hybridized carbons (Fsp3) is 0.120. The molecule has 1 aromatic heterocycles. The number of carbonyl (C=O) groups excluding carboxylic acids is 1. The molecular weight excluding hydrogens is 519 g/mol. The van der Waals surface area contributed by atoms with Crippen LogP contribution in [-0.4, -0.2) is 34.9 Å². The van der Waals surface area contributed by atoms with Crippen molar-refractivity contribution in [3.05, 3.63) is 86.4 Å². The summed E-state index contributed by atoms with van der Waals surface area (Å²) < 4.78 is 26.8. The molecule has 1 unspecified atom stereocenters. The summed E-state index contributed by atoms with van der Waals surface area (Å²) in [5.74, 6) is 0.333. The molecule has 10 heteroatoms. The summed E-state index contributed by atoms with van der Waals surface area (Å²) in [6, 6.07) is 14.4. The maximum Gasteiger partial charge on any atom is 0.300 e.